The van der Waals surface area contributed by atoms with Gasteiger partial charge in [0.25, 0.3) is 0 Å². The van der Waals surface area contributed by atoms with Gasteiger partial charge in [0.2, 0.25) is 0 Å². The molecule has 0 amide bonds. The molecule has 0 bridgehead atoms. The highest BCUT2D eigenvalue weighted by Crippen LogP contribution is 2.37. The summed E-state index contributed by atoms with van der Waals surface area (Å²) in [6.07, 6.45) is 0. The van der Waals surface area contributed by atoms with Gasteiger partial charge in [-0.05, 0) is 79.1 Å². The number of benzene rings is 6. The van der Waals surface area contributed by atoms with E-state index in [0.29, 0.717) is 0 Å². The Morgan fingerprint density at radius 3 is 1.61 bits per heavy atom. The second-order valence-electron chi connectivity index (χ2n) is 9.78. The third-order valence-corrected chi connectivity index (χ3v) is 6.67. The Morgan fingerprint density at radius 2 is 0.921 bits per heavy atom. The second-order valence-corrected chi connectivity index (χ2v) is 9.78. The lowest BCUT2D eigenvalue weighted by Crippen LogP contribution is -2.10. The van der Waals surface area contributed by atoms with Crippen LogP contribution in [0.4, 0.5) is 17.1 Å². The van der Waals surface area contributed by atoms with E-state index in [1.807, 2.05) is 0 Å². The summed E-state index contributed by atoms with van der Waals surface area (Å²) >= 11 is 0. The van der Waals surface area contributed by atoms with Crippen molar-refractivity contribution >= 4 is 27.8 Å². The topological polar surface area (TPSA) is 3.24 Å². The van der Waals surface area contributed by atoms with Crippen LogP contribution >= 0.6 is 0 Å². The first-order chi connectivity index (χ1) is 18.6. The van der Waals surface area contributed by atoms with Gasteiger partial charge in [0.05, 0.1) is 0 Å². The summed E-state index contributed by atoms with van der Waals surface area (Å²) in [6.45, 7) is 6.33. The molecule has 6 aromatic carbocycles. The van der Waals surface area contributed by atoms with E-state index in [-0.39, 0.29) is 0 Å². The van der Waals surface area contributed by atoms with Gasteiger partial charge in [0.15, 0.2) is 0 Å². The minimum Gasteiger partial charge on any atom is -0.310 e. The highest BCUT2D eigenvalue weighted by Gasteiger charge is 2.14. The highest BCUT2D eigenvalue weighted by molar-refractivity contribution is 5.89. The zero-order valence-electron chi connectivity index (χ0n) is 22.3. The van der Waals surface area contributed by atoms with Crippen LogP contribution in [0.15, 0.2) is 146 Å². The maximum Gasteiger partial charge on any atom is 0.0468 e. The van der Waals surface area contributed by atoms with Crippen LogP contribution < -0.4 is 4.90 Å². The van der Waals surface area contributed by atoms with E-state index in [1.165, 1.54) is 38.6 Å². The molecule has 0 atom stereocenters. The van der Waals surface area contributed by atoms with E-state index in [4.69, 9.17) is 0 Å². The molecule has 6 rings (SSSR count). The molecule has 0 heterocycles. The van der Waals surface area contributed by atoms with Crippen LogP contribution in [0.1, 0.15) is 16.7 Å². The summed E-state index contributed by atoms with van der Waals surface area (Å²) in [7, 11) is 0. The molecule has 0 aromatic heterocycles. The summed E-state index contributed by atoms with van der Waals surface area (Å²) < 4.78 is 0. The lowest BCUT2D eigenvalue weighted by molar-refractivity contribution is 1.28. The van der Waals surface area contributed by atoms with Crippen molar-refractivity contribution in [2.75, 3.05) is 4.90 Å². The first kappa shape index (κ1) is 25.0. The van der Waals surface area contributed by atoms with Gasteiger partial charge < -0.3 is 4.90 Å². The maximum atomic E-state index is 2.33. The Labute approximate surface area is 226 Å². The average molecular weight is 492 g/mol. The normalized spacial score (nSPS) is 10.5. The van der Waals surface area contributed by atoms with E-state index < -0.39 is 0 Å². The molecule has 0 aliphatic rings. The smallest absolute Gasteiger partial charge is 0.0468 e. The molecule has 0 unspecified atom stereocenters. The van der Waals surface area contributed by atoms with Gasteiger partial charge in [-0.3, -0.25) is 0 Å². The Hall–Kier alpha value is -4.62. The lowest BCUT2D eigenvalue weighted by Gasteiger charge is -2.26. The predicted octanol–water partition coefficient (Wildman–Crippen LogP) is 10.6. The largest absolute Gasteiger partial charge is 0.310 e. The number of aryl methyl sites for hydroxylation is 3. The van der Waals surface area contributed by atoms with Crippen LogP contribution in [-0.2, 0) is 0 Å². The average Bonchev–Trinajstić information content (AvgIpc) is 2.95. The molecule has 0 aliphatic heterocycles. The van der Waals surface area contributed by atoms with Gasteiger partial charge in [-0.1, -0.05) is 126 Å². The molecule has 1 nitrogen and oxygen atoms in total. The van der Waals surface area contributed by atoms with Crippen LogP contribution in [0.2, 0.25) is 0 Å². The van der Waals surface area contributed by atoms with Gasteiger partial charge >= 0.3 is 0 Å². The first-order valence-corrected chi connectivity index (χ1v) is 13.1. The summed E-state index contributed by atoms with van der Waals surface area (Å²) in [4.78, 5) is 2.33. The van der Waals surface area contributed by atoms with Crippen LogP contribution in [0, 0.1) is 20.8 Å². The van der Waals surface area contributed by atoms with Crippen molar-refractivity contribution in [3.8, 4) is 11.1 Å². The van der Waals surface area contributed by atoms with E-state index in [0.717, 1.165) is 17.1 Å². The highest BCUT2D eigenvalue weighted by atomic mass is 15.1. The molecule has 186 valence electrons. The Kier molecular flexibility index (Phi) is 7.66. The van der Waals surface area contributed by atoms with Crippen molar-refractivity contribution in [2.45, 2.75) is 20.8 Å². The van der Waals surface area contributed by atoms with Gasteiger partial charge in [-0.2, -0.15) is 0 Å². The molecule has 0 N–H and O–H groups in total. The van der Waals surface area contributed by atoms with E-state index >= 15 is 0 Å². The van der Waals surface area contributed by atoms with E-state index in [2.05, 4.69) is 171 Å². The molecule has 1 heteroatoms. The molecule has 38 heavy (non-hydrogen) atoms. The number of rotatable bonds is 4. The summed E-state index contributed by atoms with van der Waals surface area (Å²) in [5, 5.41) is 2.49. The lowest BCUT2D eigenvalue weighted by atomic mass is 10.0. The monoisotopic (exact) mass is 491 g/mol. The fraction of sp³-hybridized carbons (Fsp3) is 0.0811. The number of hydrogen-bond acceptors (Lipinski definition) is 1. The van der Waals surface area contributed by atoms with Crippen LogP contribution in [-0.4, -0.2) is 0 Å². The zero-order chi connectivity index (χ0) is 26.3. The van der Waals surface area contributed by atoms with Crippen LogP contribution in [0.5, 0.6) is 0 Å². The number of fused-ring (bicyclic) bond motifs is 1. The van der Waals surface area contributed by atoms with Crippen molar-refractivity contribution in [2.24, 2.45) is 0 Å². The molecular weight excluding hydrogens is 458 g/mol. The predicted molar refractivity (Wildman–Crippen MR) is 165 cm³/mol. The molecule has 0 radical (unpaired) electrons. The van der Waals surface area contributed by atoms with Gasteiger partial charge in [0, 0.05) is 17.1 Å². The van der Waals surface area contributed by atoms with Crippen molar-refractivity contribution < 1.29 is 0 Å². The van der Waals surface area contributed by atoms with Crippen molar-refractivity contribution in [1.29, 1.82) is 0 Å². The Morgan fingerprint density at radius 1 is 0.342 bits per heavy atom. The quantitative estimate of drug-likeness (QED) is 0.237. The third kappa shape index (κ3) is 6.02. The zero-order valence-corrected chi connectivity index (χ0v) is 22.3. The number of hydrogen-bond donors (Lipinski definition) is 0. The fourth-order valence-corrected chi connectivity index (χ4v) is 4.72. The fourth-order valence-electron chi connectivity index (χ4n) is 4.72. The third-order valence-electron chi connectivity index (χ3n) is 6.67. The minimum absolute atomic E-state index is 1.15. The standard InChI is InChI=1S/C29H23N.C8H10/c1-22-14-17-27(18-15-22)30(29-19-16-24-10-5-6-11-25(24)21-29)28-13-7-12-26(20-28)23-8-3-2-4-9-23;1-7-4-3-5-8(2)6-7/h2-21H,1H3;3-6H,1-2H3. The van der Waals surface area contributed by atoms with Gasteiger partial charge in [-0.25, -0.2) is 0 Å². The number of anilines is 3. The summed E-state index contributed by atoms with van der Waals surface area (Å²) in [6, 6.07) is 51.7. The molecule has 6 aromatic rings. The maximum absolute atomic E-state index is 2.33. The molecule has 0 spiro atoms. The molecular formula is C37H33N. The molecule has 0 aliphatic carbocycles. The number of nitrogens with zero attached hydrogens (tertiary/aromatic N) is 1. The Bertz CT molecular complexity index is 1610. The van der Waals surface area contributed by atoms with E-state index in [9.17, 15) is 0 Å². The molecule has 0 saturated carbocycles. The van der Waals surface area contributed by atoms with Crippen molar-refractivity contribution in [3.05, 3.63) is 162 Å². The van der Waals surface area contributed by atoms with E-state index in [1.54, 1.807) is 0 Å². The Balaban J connectivity index is 0.000000316. The molecule has 0 fully saturated rings. The minimum atomic E-state index is 1.15. The first-order valence-electron chi connectivity index (χ1n) is 13.1. The summed E-state index contributed by atoms with van der Waals surface area (Å²) in [5.74, 6) is 0. The van der Waals surface area contributed by atoms with Crippen LogP contribution in [0.25, 0.3) is 21.9 Å². The SMILES string of the molecule is Cc1ccc(N(c2cccc(-c3ccccc3)c2)c2ccc3ccccc3c2)cc1.Cc1cccc(C)c1. The summed E-state index contributed by atoms with van der Waals surface area (Å²) in [5.41, 5.74) is 9.83. The van der Waals surface area contributed by atoms with Gasteiger partial charge in [-0.15, -0.1) is 0 Å². The van der Waals surface area contributed by atoms with Crippen molar-refractivity contribution in [1.82, 2.24) is 0 Å². The molecule has 0 saturated heterocycles. The van der Waals surface area contributed by atoms with Crippen molar-refractivity contribution in [3.63, 3.8) is 0 Å². The van der Waals surface area contributed by atoms with Gasteiger partial charge in [0.1, 0.15) is 0 Å². The second kappa shape index (κ2) is 11.6. The van der Waals surface area contributed by atoms with Crippen LogP contribution in [0.3, 0.4) is 0 Å².